The third kappa shape index (κ3) is 4.79. The maximum Gasteiger partial charge on any atom is 0.328 e. The normalized spacial score (nSPS) is 14.2. The summed E-state index contributed by atoms with van der Waals surface area (Å²) < 4.78 is 0. The van der Waals surface area contributed by atoms with E-state index in [1.807, 2.05) is 7.05 Å². The number of hydrogen-bond acceptors (Lipinski definition) is 3. The predicted octanol–water partition coefficient (Wildman–Crippen LogP) is 2.15. The smallest absolute Gasteiger partial charge is 0.328 e. The maximum atomic E-state index is 11.7. The lowest BCUT2D eigenvalue weighted by Crippen LogP contribution is -2.36. The van der Waals surface area contributed by atoms with Crippen molar-refractivity contribution >= 4 is 35.2 Å². The van der Waals surface area contributed by atoms with Crippen LogP contribution in [-0.4, -0.2) is 36.6 Å². The Kier molecular flexibility index (Phi) is 4.85. The van der Waals surface area contributed by atoms with Crippen LogP contribution in [0.1, 0.15) is 18.4 Å². The first-order chi connectivity index (χ1) is 9.95. The molecule has 1 amide bonds. The molecule has 0 atom stereocenters. The van der Waals surface area contributed by atoms with Crippen molar-refractivity contribution in [2.75, 3.05) is 18.5 Å². The Morgan fingerprint density at radius 1 is 1.48 bits per heavy atom. The molecule has 1 aliphatic carbocycles. The fourth-order valence-electron chi connectivity index (χ4n) is 1.86. The average Bonchev–Trinajstić information content (AvgIpc) is 3.20. The number of hydrogen-bond donors (Lipinski definition) is 2. The van der Waals surface area contributed by atoms with E-state index in [1.54, 1.807) is 23.1 Å². The van der Waals surface area contributed by atoms with E-state index in [0.717, 1.165) is 24.6 Å². The quantitative estimate of drug-likeness (QED) is 0.790. The SMILES string of the molecule is CN(CC(=O)NC1CC1)c1ccc(/C=C/C(=O)O)c(Cl)c1. The molecule has 5 nitrogen and oxygen atoms in total. The lowest BCUT2D eigenvalue weighted by Gasteiger charge is -2.19. The van der Waals surface area contributed by atoms with Gasteiger partial charge in [0.2, 0.25) is 5.91 Å². The Balaban J connectivity index is 2.00. The minimum atomic E-state index is -1.02. The number of nitrogens with zero attached hydrogens (tertiary/aromatic N) is 1. The van der Waals surface area contributed by atoms with Gasteiger partial charge >= 0.3 is 5.97 Å². The minimum absolute atomic E-state index is 0.00836. The summed E-state index contributed by atoms with van der Waals surface area (Å²) in [7, 11) is 1.81. The fourth-order valence-corrected chi connectivity index (χ4v) is 2.10. The van der Waals surface area contributed by atoms with Crippen molar-refractivity contribution in [2.45, 2.75) is 18.9 Å². The van der Waals surface area contributed by atoms with Gasteiger partial charge in [0.1, 0.15) is 0 Å². The molecule has 0 aliphatic heterocycles. The van der Waals surface area contributed by atoms with Gasteiger partial charge in [-0.2, -0.15) is 0 Å². The first-order valence-electron chi connectivity index (χ1n) is 6.67. The highest BCUT2D eigenvalue weighted by molar-refractivity contribution is 6.32. The van der Waals surface area contributed by atoms with Gasteiger partial charge in [0.25, 0.3) is 0 Å². The van der Waals surface area contributed by atoms with Gasteiger partial charge in [0.05, 0.1) is 6.54 Å². The van der Waals surface area contributed by atoms with E-state index in [4.69, 9.17) is 16.7 Å². The van der Waals surface area contributed by atoms with Gasteiger partial charge in [-0.25, -0.2) is 4.79 Å². The summed E-state index contributed by atoms with van der Waals surface area (Å²) >= 11 is 6.12. The minimum Gasteiger partial charge on any atom is -0.478 e. The summed E-state index contributed by atoms with van der Waals surface area (Å²) in [6.07, 6.45) is 4.60. The number of benzene rings is 1. The summed E-state index contributed by atoms with van der Waals surface area (Å²) in [6.45, 7) is 0.261. The topological polar surface area (TPSA) is 69.6 Å². The van der Waals surface area contributed by atoms with Crippen LogP contribution >= 0.6 is 11.6 Å². The van der Waals surface area contributed by atoms with Gasteiger partial charge in [-0.05, 0) is 36.6 Å². The van der Waals surface area contributed by atoms with Crippen molar-refractivity contribution in [3.05, 3.63) is 34.9 Å². The second-order valence-corrected chi connectivity index (χ2v) is 5.48. The van der Waals surface area contributed by atoms with Crippen molar-refractivity contribution in [1.29, 1.82) is 0 Å². The molecule has 0 bridgehead atoms. The number of halogens is 1. The van der Waals surface area contributed by atoms with E-state index >= 15 is 0 Å². The Labute approximate surface area is 128 Å². The zero-order valence-corrected chi connectivity index (χ0v) is 12.4. The number of aliphatic carboxylic acids is 1. The predicted molar refractivity (Wildman–Crippen MR) is 82.6 cm³/mol. The Morgan fingerprint density at radius 2 is 2.19 bits per heavy atom. The fraction of sp³-hybridized carbons (Fsp3) is 0.333. The Hall–Kier alpha value is -2.01. The van der Waals surface area contributed by atoms with Crippen LogP contribution in [0.25, 0.3) is 6.08 Å². The second kappa shape index (κ2) is 6.63. The molecular formula is C15H17ClN2O3. The molecule has 0 radical (unpaired) electrons. The highest BCUT2D eigenvalue weighted by Crippen LogP contribution is 2.24. The summed E-state index contributed by atoms with van der Waals surface area (Å²) in [6, 6.07) is 5.59. The van der Waals surface area contributed by atoms with Crippen LogP contribution in [0.3, 0.4) is 0 Å². The molecule has 2 N–H and O–H groups in total. The molecule has 1 aromatic carbocycles. The summed E-state index contributed by atoms with van der Waals surface area (Å²) in [5, 5.41) is 12.0. The first kappa shape index (κ1) is 15.4. The van der Waals surface area contributed by atoms with Gasteiger partial charge in [0, 0.05) is 29.9 Å². The van der Waals surface area contributed by atoms with Crippen molar-refractivity contribution in [3.63, 3.8) is 0 Å². The third-order valence-corrected chi connectivity index (χ3v) is 3.48. The van der Waals surface area contributed by atoms with E-state index in [-0.39, 0.29) is 12.5 Å². The zero-order valence-electron chi connectivity index (χ0n) is 11.7. The molecule has 0 spiro atoms. The largest absolute Gasteiger partial charge is 0.478 e. The van der Waals surface area contributed by atoms with Crippen LogP contribution in [0.15, 0.2) is 24.3 Å². The number of carbonyl (C=O) groups is 2. The molecule has 0 unspecified atom stereocenters. The summed E-state index contributed by atoms with van der Waals surface area (Å²) in [5.41, 5.74) is 1.43. The lowest BCUT2D eigenvalue weighted by molar-refractivity contribution is -0.131. The Bertz CT molecular complexity index is 582. The zero-order chi connectivity index (χ0) is 15.4. The van der Waals surface area contributed by atoms with Gasteiger partial charge in [-0.1, -0.05) is 17.7 Å². The molecule has 1 saturated carbocycles. The monoisotopic (exact) mass is 308 g/mol. The van der Waals surface area contributed by atoms with Crippen molar-refractivity contribution in [3.8, 4) is 0 Å². The van der Waals surface area contributed by atoms with E-state index in [1.165, 1.54) is 6.08 Å². The molecule has 1 aliphatic rings. The number of amides is 1. The molecule has 1 fully saturated rings. The lowest BCUT2D eigenvalue weighted by atomic mass is 10.2. The molecule has 1 aromatic rings. The van der Waals surface area contributed by atoms with Crippen molar-refractivity contribution in [1.82, 2.24) is 5.32 Å². The van der Waals surface area contributed by atoms with Crippen molar-refractivity contribution < 1.29 is 14.7 Å². The maximum absolute atomic E-state index is 11.7. The number of carboxylic acids is 1. The van der Waals surface area contributed by atoms with Gasteiger partial charge in [-0.3, -0.25) is 4.79 Å². The average molecular weight is 309 g/mol. The molecule has 112 valence electrons. The van der Waals surface area contributed by atoms with Crippen LogP contribution < -0.4 is 10.2 Å². The number of carboxylic acid groups (broad SMARTS) is 1. The summed E-state index contributed by atoms with van der Waals surface area (Å²) in [5.74, 6) is -1.03. The molecule has 0 aromatic heterocycles. The Morgan fingerprint density at radius 3 is 2.76 bits per heavy atom. The molecule has 2 rings (SSSR count). The molecule has 21 heavy (non-hydrogen) atoms. The van der Waals surface area contributed by atoms with Crippen LogP contribution in [0.5, 0.6) is 0 Å². The van der Waals surface area contributed by atoms with Gasteiger partial charge < -0.3 is 15.3 Å². The number of likely N-dealkylation sites (N-methyl/N-ethyl adjacent to an activating group) is 1. The van der Waals surface area contributed by atoms with E-state index < -0.39 is 5.97 Å². The van der Waals surface area contributed by atoms with E-state index in [0.29, 0.717) is 16.6 Å². The number of anilines is 1. The van der Waals surface area contributed by atoms with Crippen LogP contribution in [0.2, 0.25) is 5.02 Å². The highest BCUT2D eigenvalue weighted by atomic mass is 35.5. The van der Waals surface area contributed by atoms with E-state index in [2.05, 4.69) is 5.32 Å². The van der Waals surface area contributed by atoms with E-state index in [9.17, 15) is 9.59 Å². The summed E-state index contributed by atoms with van der Waals surface area (Å²) in [4.78, 5) is 24.0. The van der Waals surface area contributed by atoms with Crippen LogP contribution in [-0.2, 0) is 9.59 Å². The molecule has 6 heteroatoms. The number of rotatable bonds is 6. The second-order valence-electron chi connectivity index (χ2n) is 5.08. The van der Waals surface area contributed by atoms with Crippen molar-refractivity contribution in [2.24, 2.45) is 0 Å². The van der Waals surface area contributed by atoms with Gasteiger partial charge in [-0.15, -0.1) is 0 Å². The number of nitrogens with one attached hydrogen (secondary N) is 1. The number of carbonyl (C=O) groups excluding carboxylic acids is 1. The molecule has 0 heterocycles. The molecule has 0 saturated heterocycles. The third-order valence-electron chi connectivity index (χ3n) is 3.15. The van der Waals surface area contributed by atoms with Crippen LogP contribution in [0, 0.1) is 0 Å². The van der Waals surface area contributed by atoms with Crippen LogP contribution in [0.4, 0.5) is 5.69 Å². The first-order valence-corrected chi connectivity index (χ1v) is 7.04. The molecular weight excluding hydrogens is 292 g/mol. The van der Waals surface area contributed by atoms with Gasteiger partial charge in [0.15, 0.2) is 0 Å². The standard InChI is InChI=1S/C15H17ClN2O3/c1-18(9-14(19)17-11-4-5-11)12-6-2-10(13(16)8-12)3-7-15(20)21/h2-3,6-8,11H,4-5,9H2,1H3,(H,17,19)(H,20,21)/b7-3+. The highest BCUT2D eigenvalue weighted by Gasteiger charge is 2.23.